The summed E-state index contributed by atoms with van der Waals surface area (Å²) in [7, 11) is 0. The minimum absolute atomic E-state index is 0.0365. The second-order valence-electron chi connectivity index (χ2n) is 6.17. The van der Waals surface area contributed by atoms with Gasteiger partial charge in [-0.2, -0.15) is 0 Å². The molecule has 1 aliphatic heterocycles. The highest BCUT2D eigenvalue weighted by Gasteiger charge is 2.57. The lowest BCUT2D eigenvalue weighted by molar-refractivity contribution is -0.133. The molecule has 2 atom stereocenters. The van der Waals surface area contributed by atoms with E-state index in [1.165, 1.54) is 5.56 Å². The number of aromatic nitrogens is 1. The molecule has 2 unspecified atom stereocenters. The van der Waals surface area contributed by atoms with Gasteiger partial charge in [0.05, 0.1) is 13.1 Å². The Balaban J connectivity index is 1.52. The van der Waals surface area contributed by atoms with Crippen molar-refractivity contribution in [2.75, 3.05) is 0 Å². The number of amides is 1. The van der Waals surface area contributed by atoms with Crippen LogP contribution in [0.4, 0.5) is 0 Å². The van der Waals surface area contributed by atoms with Crippen LogP contribution in [0.25, 0.3) is 0 Å². The predicted octanol–water partition coefficient (Wildman–Crippen LogP) is 3.26. The third-order valence-corrected chi connectivity index (χ3v) is 5.25. The number of fused-ring (bicyclic) bond motifs is 1. The smallest absolute Gasteiger partial charge is 0.227 e. The van der Waals surface area contributed by atoms with E-state index in [2.05, 4.69) is 40.1 Å². The molecule has 1 fully saturated rings. The van der Waals surface area contributed by atoms with Gasteiger partial charge in [0.2, 0.25) is 5.91 Å². The van der Waals surface area contributed by atoms with Crippen molar-refractivity contribution in [3.8, 4) is 0 Å². The van der Waals surface area contributed by atoms with Crippen molar-refractivity contribution in [1.29, 1.82) is 0 Å². The van der Waals surface area contributed by atoms with Crippen LogP contribution in [-0.4, -0.2) is 16.0 Å². The van der Waals surface area contributed by atoms with Gasteiger partial charge in [-0.1, -0.05) is 40.1 Å². The van der Waals surface area contributed by atoms with Crippen LogP contribution in [-0.2, 0) is 23.3 Å². The van der Waals surface area contributed by atoms with Crippen molar-refractivity contribution in [1.82, 2.24) is 10.1 Å². The van der Waals surface area contributed by atoms with E-state index in [4.69, 9.17) is 4.52 Å². The fourth-order valence-electron chi connectivity index (χ4n) is 3.25. The molecule has 1 aromatic heterocycles. The average Bonchev–Trinajstić information content (AvgIpc) is 2.81. The van der Waals surface area contributed by atoms with E-state index in [1.807, 2.05) is 17.0 Å². The maximum Gasteiger partial charge on any atom is 0.227 e. The molecule has 2 aliphatic rings. The minimum atomic E-state index is -0.0365. The van der Waals surface area contributed by atoms with Gasteiger partial charge in [0, 0.05) is 21.4 Å². The van der Waals surface area contributed by atoms with Gasteiger partial charge in [-0.05, 0) is 24.1 Å². The van der Waals surface area contributed by atoms with Crippen molar-refractivity contribution >= 4 is 21.8 Å². The van der Waals surface area contributed by atoms with Gasteiger partial charge in [0.25, 0.3) is 0 Å². The summed E-state index contributed by atoms with van der Waals surface area (Å²) >= 11 is 3.51. The molecule has 1 amide bonds. The van der Waals surface area contributed by atoms with Gasteiger partial charge in [-0.15, -0.1) is 0 Å². The van der Waals surface area contributed by atoms with Crippen LogP contribution in [0.2, 0.25) is 0 Å². The molecule has 2 aromatic rings. The number of hydrogen-bond donors (Lipinski definition) is 0. The zero-order chi connectivity index (χ0) is 14.6. The first kappa shape index (κ1) is 13.1. The first-order chi connectivity index (χ1) is 10.1. The van der Waals surface area contributed by atoms with Gasteiger partial charge in [0.1, 0.15) is 12.0 Å². The number of halogens is 1. The van der Waals surface area contributed by atoms with E-state index in [9.17, 15) is 4.79 Å². The van der Waals surface area contributed by atoms with E-state index in [-0.39, 0.29) is 17.2 Å². The molecule has 21 heavy (non-hydrogen) atoms. The van der Waals surface area contributed by atoms with Crippen LogP contribution in [0.3, 0.4) is 0 Å². The summed E-state index contributed by atoms with van der Waals surface area (Å²) in [4.78, 5) is 14.6. The first-order valence-corrected chi connectivity index (χ1v) is 7.84. The number of carbonyl (C=O) groups is 1. The van der Waals surface area contributed by atoms with E-state index in [1.54, 1.807) is 6.26 Å². The van der Waals surface area contributed by atoms with Gasteiger partial charge in [-0.25, -0.2) is 0 Å². The maximum atomic E-state index is 12.7. The molecule has 1 aliphatic carbocycles. The Labute approximate surface area is 131 Å². The van der Waals surface area contributed by atoms with E-state index >= 15 is 0 Å². The van der Waals surface area contributed by atoms with Crippen molar-refractivity contribution in [3.63, 3.8) is 0 Å². The molecule has 0 N–H and O–H groups in total. The summed E-state index contributed by atoms with van der Waals surface area (Å²) in [6, 6.07) is 8.27. The number of benzene rings is 1. The van der Waals surface area contributed by atoms with E-state index < -0.39 is 0 Å². The molecule has 1 aromatic carbocycles. The molecule has 1 saturated carbocycles. The molecule has 0 spiro atoms. The molecule has 5 heteroatoms. The Morgan fingerprint density at radius 2 is 2.33 bits per heavy atom. The standard InChI is InChI=1S/C16H15BrN2O2/c1-16(11-3-2-4-12(17)5-11)6-13(16)15(20)19-7-10-9-21-18-14(10)8-19/h2-5,9,13H,6-8H2,1H3. The summed E-state index contributed by atoms with van der Waals surface area (Å²) in [5.41, 5.74) is 3.13. The topological polar surface area (TPSA) is 46.3 Å². The Kier molecular flexibility index (Phi) is 2.76. The maximum absolute atomic E-state index is 12.7. The van der Waals surface area contributed by atoms with Gasteiger partial charge in [-0.3, -0.25) is 4.79 Å². The van der Waals surface area contributed by atoms with Crippen LogP contribution >= 0.6 is 15.9 Å². The second kappa shape index (κ2) is 4.44. The van der Waals surface area contributed by atoms with Crippen LogP contribution < -0.4 is 0 Å². The normalized spacial score (nSPS) is 26.8. The second-order valence-corrected chi connectivity index (χ2v) is 7.08. The van der Waals surface area contributed by atoms with Crippen LogP contribution in [0.15, 0.2) is 39.5 Å². The summed E-state index contributed by atoms with van der Waals surface area (Å²) in [5, 5.41) is 3.94. The molecular formula is C16H15BrN2O2. The van der Waals surface area contributed by atoms with Crippen molar-refractivity contribution < 1.29 is 9.32 Å². The van der Waals surface area contributed by atoms with Gasteiger partial charge < -0.3 is 9.42 Å². The quantitative estimate of drug-likeness (QED) is 0.838. The van der Waals surface area contributed by atoms with Gasteiger partial charge >= 0.3 is 0 Å². The molecule has 4 rings (SSSR count). The largest absolute Gasteiger partial charge is 0.364 e. The zero-order valence-corrected chi connectivity index (χ0v) is 13.3. The SMILES string of the molecule is CC1(c2cccc(Br)c2)CC1C(=O)N1Cc2conc2C1. The molecular weight excluding hydrogens is 332 g/mol. The molecule has 4 nitrogen and oxygen atoms in total. The zero-order valence-electron chi connectivity index (χ0n) is 11.7. The van der Waals surface area contributed by atoms with Gasteiger partial charge in [0.15, 0.2) is 0 Å². The number of rotatable bonds is 2. The number of nitrogens with zero attached hydrogens (tertiary/aromatic N) is 2. The van der Waals surface area contributed by atoms with Crippen molar-refractivity contribution in [2.24, 2.45) is 5.92 Å². The molecule has 0 radical (unpaired) electrons. The third kappa shape index (κ3) is 2.02. The van der Waals surface area contributed by atoms with Crippen LogP contribution in [0, 0.1) is 5.92 Å². The van der Waals surface area contributed by atoms with E-state index in [0.29, 0.717) is 13.1 Å². The van der Waals surface area contributed by atoms with Crippen molar-refractivity contribution in [2.45, 2.75) is 31.8 Å². The number of carbonyl (C=O) groups excluding carboxylic acids is 1. The Bertz CT molecular complexity index is 706. The summed E-state index contributed by atoms with van der Waals surface area (Å²) in [6.45, 7) is 3.38. The first-order valence-electron chi connectivity index (χ1n) is 7.05. The predicted molar refractivity (Wildman–Crippen MR) is 80.4 cm³/mol. The fourth-order valence-corrected chi connectivity index (χ4v) is 3.64. The summed E-state index contributed by atoms with van der Waals surface area (Å²) in [6.07, 6.45) is 2.56. The third-order valence-electron chi connectivity index (χ3n) is 4.76. The molecule has 108 valence electrons. The molecule has 0 saturated heterocycles. The molecule has 0 bridgehead atoms. The summed E-state index contributed by atoms with van der Waals surface area (Å²) in [5.74, 6) is 0.309. The van der Waals surface area contributed by atoms with Crippen molar-refractivity contribution in [3.05, 3.63) is 51.8 Å². The lowest BCUT2D eigenvalue weighted by atomic mass is 9.95. The monoisotopic (exact) mass is 346 g/mol. The lowest BCUT2D eigenvalue weighted by Crippen LogP contribution is -2.29. The lowest BCUT2D eigenvalue weighted by Gasteiger charge is -2.18. The minimum Gasteiger partial charge on any atom is -0.364 e. The van der Waals surface area contributed by atoms with Crippen LogP contribution in [0.1, 0.15) is 30.2 Å². The Hall–Kier alpha value is -1.62. The number of hydrogen-bond acceptors (Lipinski definition) is 3. The Morgan fingerprint density at radius 3 is 3.10 bits per heavy atom. The highest BCUT2D eigenvalue weighted by molar-refractivity contribution is 9.10. The highest BCUT2D eigenvalue weighted by Crippen LogP contribution is 2.55. The Morgan fingerprint density at radius 1 is 1.48 bits per heavy atom. The highest BCUT2D eigenvalue weighted by atomic mass is 79.9. The molecule has 2 heterocycles. The van der Waals surface area contributed by atoms with E-state index in [0.717, 1.165) is 22.2 Å². The van der Waals surface area contributed by atoms with Crippen LogP contribution in [0.5, 0.6) is 0 Å². The fraction of sp³-hybridized carbons (Fsp3) is 0.375. The summed E-state index contributed by atoms with van der Waals surface area (Å²) < 4.78 is 5.98. The average molecular weight is 347 g/mol.